The number of benzene rings is 2. The number of imidazole rings is 1. The van der Waals surface area contributed by atoms with Crippen LogP contribution in [0.1, 0.15) is 30.2 Å². The van der Waals surface area contributed by atoms with E-state index in [9.17, 15) is 9.50 Å². The molecule has 0 radical (unpaired) electrons. The van der Waals surface area contributed by atoms with Crippen LogP contribution in [-0.2, 0) is 20.1 Å². The number of aliphatic hydroxyl groups is 1. The number of aliphatic hydroxyl groups excluding tert-OH is 1. The molecule has 0 unspecified atom stereocenters. The van der Waals surface area contributed by atoms with Crippen molar-refractivity contribution in [3.8, 4) is 22.6 Å². The Hall–Kier alpha value is -4.34. The van der Waals surface area contributed by atoms with E-state index in [1.54, 1.807) is 16.8 Å². The zero-order valence-electron chi connectivity index (χ0n) is 23.3. The molecule has 0 saturated heterocycles. The minimum Gasteiger partial charge on any atom is -0.390 e. The largest absolute Gasteiger partial charge is 0.390 e. The van der Waals surface area contributed by atoms with Crippen LogP contribution in [0.25, 0.3) is 51.9 Å². The van der Waals surface area contributed by atoms with Crippen molar-refractivity contribution >= 4 is 29.3 Å². The first-order valence-electron chi connectivity index (χ1n) is 13.2. The first kappa shape index (κ1) is 27.2. The van der Waals surface area contributed by atoms with Crippen molar-refractivity contribution in [3.63, 3.8) is 0 Å². The average molecular weight is 540 g/mol. The van der Waals surface area contributed by atoms with Gasteiger partial charge in [-0.1, -0.05) is 30.9 Å². The van der Waals surface area contributed by atoms with Crippen molar-refractivity contribution < 1.29 is 9.50 Å². The van der Waals surface area contributed by atoms with Crippen molar-refractivity contribution in [2.45, 2.75) is 26.4 Å². The number of fused-ring (bicyclic) bond motifs is 1. The zero-order valence-corrected chi connectivity index (χ0v) is 23.3. The summed E-state index contributed by atoms with van der Waals surface area (Å²) < 4.78 is 16.3. The molecule has 0 atom stereocenters. The van der Waals surface area contributed by atoms with Gasteiger partial charge in [0.05, 0.1) is 28.7 Å². The Labute approximate surface area is 232 Å². The fraction of sp³-hybridized carbons (Fsp3) is 0.258. The van der Waals surface area contributed by atoms with Gasteiger partial charge < -0.3 is 15.0 Å². The second kappa shape index (κ2) is 11.4. The van der Waals surface area contributed by atoms with Crippen LogP contribution in [0.5, 0.6) is 0 Å². The molecule has 2 aromatic carbocycles. The summed E-state index contributed by atoms with van der Waals surface area (Å²) in [6.07, 6.45) is 7.49. The predicted octanol–water partition coefficient (Wildman–Crippen LogP) is 3.77. The van der Waals surface area contributed by atoms with Crippen LogP contribution in [0.2, 0.25) is 0 Å². The Morgan fingerprint density at radius 2 is 2.05 bits per heavy atom. The van der Waals surface area contributed by atoms with Gasteiger partial charge in [-0.3, -0.25) is 9.78 Å². The Kier molecular flexibility index (Phi) is 7.77. The lowest BCUT2D eigenvalue weighted by Gasteiger charge is -2.10. The van der Waals surface area contributed by atoms with Gasteiger partial charge in [-0.2, -0.15) is 10.2 Å². The van der Waals surface area contributed by atoms with Crippen molar-refractivity contribution in [1.29, 1.82) is 0 Å². The van der Waals surface area contributed by atoms with Crippen LogP contribution in [0, 0.1) is 5.82 Å². The summed E-state index contributed by atoms with van der Waals surface area (Å²) in [6.45, 7) is 7.02. The van der Waals surface area contributed by atoms with Crippen LogP contribution in [-0.4, -0.2) is 60.6 Å². The van der Waals surface area contributed by atoms with Gasteiger partial charge in [0.25, 0.3) is 0 Å². The highest BCUT2D eigenvalue weighted by Gasteiger charge is 2.14. The zero-order chi connectivity index (χ0) is 28.4. The van der Waals surface area contributed by atoms with E-state index >= 15 is 0 Å². The Balaban J connectivity index is 1.48. The third-order valence-corrected chi connectivity index (χ3v) is 6.96. The van der Waals surface area contributed by atoms with Gasteiger partial charge in [0.1, 0.15) is 11.5 Å². The van der Waals surface area contributed by atoms with E-state index in [2.05, 4.69) is 37.8 Å². The molecule has 0 amide bonds. The molecule has 0 fully saturated rings. The van der Waals surface area contributed by atoms with Gasteiger partial charge in [-0.25, -0.2) is 9.37 Å². The maximum absolute atomic E-state index is 14.6. The van der Waals surface area contributed by atoms with Crippen LogP contribution >= 0.6 is 0 Å². The van der Waals surface area contributed by atoms with Crippen LogP contribution in [0.3, 0.4) is 0 Å². The molecule has 3 N–H and O–H groups in total. The first-order valence-corrected chi connectivity index (χ1v) is 13.2. The van der Waals surface area contributed by atoms with Crippen LogP contribution in [0.15, 0.2) is 48.7 Å². The Bertz CT molecular complexity index is 1810. The summed E-state index contributed by atoms with van der Waals surface area (Å²) in [6, 6.07) is 11.1. The van der Waals surface area contributed by atoms with E-state index in [1.165, 1.54) is 0 Å². The number of nitrogens with zero attached hydrogens (tertiary/aromatic N) is 5. The molecule has 3 heterocycles. The number of H-pyrrole nitrogens is 2. The number of halogens is 1. The number of hydrogen-bond acceptors (Lipinski definition) is 5. The van der Waals surface area contributed by atoms with Gasteiger partial charge in [0, 0.05) is 29.6 Å². The fourth-order valence-electron chi connectivity index (χ4n) is 4.92. The molecule has 9 heteroatoms. The van der Waals surface area contributed by atoms with E-state index in [0.29, 0.717) is 22.4 Å². The quantitative estimate of drug-likeness (QED) is 0.265. The van der Waals surface area contributed by atoms with E-state index in [-0.39, 0.29) is 12.4 Å². The Morgan fingerprint density at radius 3 is 2.83 bits per heavy atom. The van der Waals surface area contributed by atoms with Gasteiger partial charge in [-0.05, 0) is 81.4 Å². The lowest BCUT2D eigenvalue weighted by atomic mass is 9.99. The summed E-state index contributed by atoms with van der Waals surface area (Å²) in [4.78, 5) is 10.4. The molecule has 0 spiro atoms. The summed E-state index contributed by atoms with van der Waals surface area (Å²) in [7, 11) is 5.91. The van der Waals surface area contributed by atoms with Crippen molar-refractivity contribution in [2.75, 3.05) is 20.6 Å². The normalized spacial score (nSPS) is 12.8. The average Bonchev–Trinajstić information content (AvgIpc) is 3.62. The number of aromatic amines is 2. The molecule has 0 aliphatic heterocycles. The fourth-order valence-corrected chi connectivity index (χ4v) is 4.92. The highest BCUT2D eigenvalue weighted by molar-refractivity contribution is 5.93. The summed E-state index contributed by atoms with van der Waals surface area (Å²) >= 11 is 0. The molecule has 0 aliphatic rings. The predicted molar refractivity (Wildman–Crippen MR) is 158 cm³/mol. The molecule has 206 valence electrons. The smallest absolute Gasteiger partial charge is 0.159 e. The molecule has 8 nitrogen and oxygen atoms in total. The lowest BCUT2D eigenvalue weighted by molar-refractivity contribution is 0.275. The second-order valence-electron chi connectivity index (χ2n) is 10.3. The number of aryl methyl sites for hydroxylation is 2. The standard InChI is InChI=1S/C31H34FN7O/c1-19(25-17-39(5)37-28(25)18-40)11-12-26-20(2)29(36-35-26)31-33-27-10-6-9-24(30(27)34-31)22-14-21(15-23(32)16-22)8-7-13-38(3)4/h6,9-12,14-17,35,40H,2,7-8,13,18H2,1,3-5H3,(H,33,34)/b19-11+,26-12+. The van der Waals surface area contributed by atoms with Gasteiger partial charge >= 0.3 is 0 Å². The SMILES string of the molecule is C=c1c(-c2nc3c(-c4cc(F)cc(CCCN(C)C)c4)cccc3[nH]2)n[nH]/c1=C/C=C(\C)c1cn(C)nc1CO. The minimum absolute atomic E-state index is 0.127. The highest BCUT2D eigenvalue weighted by Crippen LogP contribution is 2.30. The molecule has 40 heavy (non-hydrogen) atoms. The number of nitrogens with one attached hydrogen (secondary N) is 2. The second-order valence-corrected chi connectivity index (χ2v) is 10.3. The summed E-state index contributed by atoms with van der Waals surface area (Å²) in [5.74, 6) is 0.333. The molecular weight excluding hydrogens is 505 g/mol. The van der Waals surface area contributed by atoms with E-state index in [1.807, 2.05) is 64.6 Å². The maximum Gasteiger partial charge on any atom is 0.159 e. The van der Waals surface area contributed by atoms with Crippen LogP contribution in [0.4, 0.5) is 4.39 Å². The number of hydrogen-bond donors (Lipinski definition) is 3. The number of allylic oxidation sites excluding steroid dienone is 2. The third kappa shape index (κ3) is 5.66. The topological polar surface area (TPSA) is 98.7 Å². The third-order valence-electron chi connectivity index (χ3n) is 6.96. The molecule has 3 aromatic heterocycles. The summed E-state index contributed by atoms with van der Waals surface area (Å²) in [5, 5.41) is 22.9. The molecule has 0 aliphatic carbocycles. The van der Waals surface area contributed by atoms with Crippen LogP contribution < -0.4 is 10.6 Å². The highest BCUT2D eigenvalue weighted by atomic mass is 19.1. The van der Waals surface area contributed by atoms with Crippen molar-refractivity contribution in [1.82, 2.24) is 34.8 Å². The number of para-hydroxylation sites is 1. The molecule has 5 aromatic rings. The van der Waals surface area contributed by atoms with E-state index < -0.39 is 0 Å². The lowest BCUT2D eigenvalue weighted by Crippen LogP contribution is -2.21. The van der Waals surface area contributed by atoms with Gasteiger partial charge in [0.2, 0.25) is 0 Å². The molecule has 5 rings (SSSR count). The monoisotopic (exact) mass is 539 g/mol. The van der Waals surface area contributed by atoms with E-state index in [0.717, 1.165) is 63.6 Å². The van der Waals surface area contributed by atoms with Crippen molar-refractivity contribution in [2.24, 2.45) is 7.05 Å². The maximum atomic E-state index is 14.6. The summed E-state index contributed by atoms with van der Waals surface area (Å²) in [5.41, 5.74) is 7.29. The minimum atomic E-state index is -0.251. The number of aromatic nitrogens is 6. The number of rotatable bonds is 9. The molecular formula is C31H34FN7O. The Morgan fingerprint density at radius 1 is 1.23 bits per heavy atom. The van der Waals surface area contributed by atoms with Crippen molar-refractivity contribution in [3.05, 3.63) is 81.9 Å². The van der Waals surface area contributed by atoms with E-state index in [4.69, 9.17) is 4.98 Å². The van der Waals surface area contributed by atoms with Gasteiger partial charge in [0.15, 0.2) is 5.82 Å². The first-order chi connectivity index (χ1) is 19.2. The van der Waals surface area contributed by atoms with Gasteiger partial charge in [-0.15, -0.1) is 0 Å². The molecule has 0 bridgehead atoms. The molecule has 0 saturated carbocycles.